The van der Waals surface area contributed by atoms with E-state index in [1.807, 2.05) is 13.8 Å². The summed E-state index contributed by atoms with van der Waals surface area (Å²) >= 11 is 0. The number of nitrogens with one attached hydrogen (secondary N) is 1. The molecule has 186 valence electrons. The number of aliphatic hydroxyl groups is 1. The largest absolute Gasteiger partial charge is 0.497 e. The number of likely N-dealkylation sites (tertiary alicyclic amines) is 1. The number of methoxy groups -OCH3 is 1. The van der Waals surface area contributed by atoms with Gasteiger partial charge >= 0.3 is 5.97 Å². The number of hydrogen-bond acceptors (Lipinski definition) is 7. The average Bonchev–Trinajstić information content (AvgIpc) is 3.48. The van der Waals surface area contributed by atoms with Crippen LogP contribution in [0.25, 0.3) is 0 Å². The molecule has 9 nitrogen and oxygen atoms in total. The van der Waals surface area contributed by atoms with Gasteiger partial charge in [0.15, 0.2) is 0 Å². The topological polar surface area (TPSA) is 114 Å². The summed E-state index contributed by atoms with van der Waals surface area (Å²) in [5, 5.41) is 13.2. The number of hydrogen-bond donors (Lipinski definition) is 2. The molecule has 2 amide bonds. The number of nitrogens with zero attached hydrogens (tertiary/aromatic N) is 1. The van der Waals surface area contributed by atoms with Gasteiger partial charge < -0.3 is 29.5 Å². The Morgan fingerprint density at radius 3 is 2.59 bits per heavy atom. The van der Waals surface area contributed by atoms with Crippen LogP contribution in [0.15, 0.2) is 24.3 Å². The molecule has 1 spiro atoms. The van der Waals surface area contributed by atoms with Crippen molar-refractivity contribution in [3.05, 3.63) is 24.3 Å². The Kier molecular flexibility index (Phi) is 6.87. The van der Waals surface area contributed by atoms with Gasteiger partial charge in [-0.25, -0.2) is 0 Å². The van der Waals surface area contributed by atoms with Crippen molar-refractivity contribution < 1.29 is 33.7 Å². The van der Waals surface area contributed by atoms with Gasteiger partial charge in [0.1, 0.15) is 17.4 Å². The first-order valence-corrected chi connectivity index (χ1v) is 12.0. The van der Waals surface area contributed by atoms with Crippen molar-refractivity contribution in [1.29, 1.82) is 0 Å². The summed E-state index contributed by atoms with van der Waals surface area (Å²) in [6, 6.07) is 5.37. The zero-order valence-electron chi connectivity index (χ0n) is 20.2. The number of esters is 1. The molecule has 4 rings (SSSR count). The Balaban J connectivity index is 1.73. The third kappa shape index (κ3) is 3.75. The first-order valence-electron chi connectivity index (χ1n) is 12.0. The van der Waals surface area contributed by atoms with Crippen LogP contribution >= 0.6 is 0 Å². The molecule has 3 fully saturated rings. The van der Waals surface area contributed by atoms with E-state index in [0.29, 0.717) is 30.7 Å². The lowest BCUT2D eigenvalue weighted by molar-refractivity contribution is -0.155. The van der Waals surface area contributed by atoms with Crippen LogP contribution in [-0.2, 0) is 23.9 Å². The fourth-order valence-corrected chi connectivity index (χ4v) is 5.95. The molecule has 0 saturated carbocycles. The van der Waals surface area contributed by atoms with Gasteiger partial charge in [-0.05, 0) is 49.9 Å². The Bertz CT molecular complexity index is 936. The third-order valence-electron chi connectivity index (χ3n) is 7.75. The van der Waals surface area contributed by atoms with Crippen molar-refractivity contribution in [2.75, 3.05) is 25.6 Å². The van der Waals surface area contributed by atoms with E-state index < -0.39 is 47.5 Å². The molecule has 2 bridgehead atoms. The maximum atomic E-state index is 13.9. The molecule has 3 aliphatic rings. The van der Waals surface area contributed by atoms with Gasteiger partial charge in [-0.15, -0.1) is 0 Å². The molecular weight excluding hydrogens is 440 g/mol. The standard InChI is InChI=1S/C25H34N2O7/c1-5-14(3)17(13-28)27-21(22(29)26-15-7-9-16(32-4)10-8-15)25-12-11-18(34-25)19(20(25)23(27)30)24(31)33-6-2/h7-10,14,17-21,28H,5-6,11-13H2,1-4H3,(H,26,29)/t14-,17-,18+,19-,20-,21+,25-/m0/s1. The van der Waals surface area contributed by atoms with Crippen molar-refractivity contribution >= 4 is 23.5 Å². The third-order valence-corrected chi connectivity index (χ3v) is 7.75. The summed E-state index contributed by atoms with van der Waals surface area (Å²) in [6.45, 7) is 5.55. The second-order valence-electron chi connectivity index (χ2n) is 9.41. The van der Waals surface area contributed by atoms with Crippen LogP contribution in [0.3, 0.4) is 0 Å². The van der Waals surface area contributed by atoms with Crippen molar-refractivity contribution in [3.8, 4) is 5.75 Å². The fourth-order valence-electron chi connectivity index (χ4n) is 5.95. The summed E-state index contributed by atoms with van der Waals surface area (Å²) in [6.07, 6.45) is 1.31. The van der Waals surface area contributed by atoms with E-state index >= 15 is 0 Å². The summed E-state index contributed by atoms with van der Waals surface area (Å²) < 4.78 is 16.8. The van der Waals surface area contributed by atoms with E-state index in [-0.39, 0.29) is 25.0 Å². The first-order chi connectivity index (χ1) is 16.3. The molecule has 0 aliphatic carbocycles. The average molecular weight is 475 g/mol. The summed E-state index contributed by atoms with van der Waals surface area (Å²) in [4.78, 5) is 42.0. The number of ether oxygens (including phenoxy) is 3. The highest BCUT2D eigenvalue weighted by atomic mass is 16.6. The number of carbonyl (C=O) groups excluding carboxylic acids is 3. The van der Waals surface area contributed by atoms with E-state index in [9.17, 15) is 19.5 Å². The van der Waals surface area contributed by atoms with Gasteiger partial charge in [0.05, 0.1) is 44.3 Å². The zero-order valence-corrected chi connectivity index (χ0v) is 20.2. The van der Waals surface area contributed by atoms with Crippen LogP contribution in [0.2, 0.25) is 0 Å². The highest BCUT2D eigenvalue weighted by molar-refractivity contribution is 6.03. The summed E-state index contributed by atoms with van der Waals surface area (Å²) in [5.74, 6) is -2.15. The fraction of sp³-hybridized carbons (Fsp3) is 0.640. The molecule has 3 aliphatic heterocycles. The SMILES string of the molecule is CCOC(=O)[C@@H]1[C@H]2C(=O)N([C@@H](CO)[C@@H](C)CC)[C@H](C(=O)Nc3ccc(OC)cc3)[C@]23CC[C@H]1O3. The number of amides is 2. The molecule has 3 saturated heterocycles. The lowest BCUT2D eigenvalue weighted by Gasteiger charge is -2.38. The van der Waals surface area contributed by atoms with Crippen LogP contribution in [0.5, 0.6) is 5.75 Å². The number of benzene rings is 1. The number of rotatable bonds is 9. The molecule has 7 atom stereocenters. The van der Waals surface area contributed by atoms with Crippen molar-refractivity contribution in [2.45, 2.75) is 63.8 Å². The molecule has 1 aromatic carbocycles. The van der Waals surface area contributed by atoms with E-state index in [2.05, 4.69) is 5.32 Å². The summed E-state index contributed by atoms with van der Waals surface area (Å²) in [7, 11) is 1.56. The molecule has 34 heavy (non-hydrogen) atoms. The van der Waals surface area contributed by atoms with Gasteiger partial charge in [-0.2, -0.15) is 0 Å². The molecule has 1 aromatic rings. The van der Waals surface area contributed by atoms with Crippen molar-refractivity contribution in [2.24, 2.45) is 17.8 Å². The maximum Gasteiger partial charge on any atom is 0.312 e. The minimum atomic E-state index is -1.13. The molecule has 9 heteroatoms. The highest BCUT2D eigenvalue weighted by Crippen LogP contribution is 2.59. The number of anilines is 1. The molecule has 0 aromatic heterocycles. The smallest absolute Gasteiger partial charge is 0.312 e. The van der Waals surface area contributed by atoms with Crippen LogP contribution < -0.4 is 10.1 Å². The molecule has 0 radical (unpaired) electrons. The normalized spacial score (nSPS) is 31.2. The minimum absolute atomic E-state index is 0.0568. The van der Waals surface area contributed by atoms with E-state index in [0.717, 1.165) is 0 Å². The van der Waals surface area contributed by atoms with Gasteiger partial charge in [0.25, 0.3) is 0 Å². The highest BCUT2D eigenvalue weighted by Gasteiger charge is 2.75. The predicted octanol–water partition coefficient (Wildman–Crippen LogP) is 1.98. The Hall–Kier alpha value is -2.65. The molecular formula is C25H34N2O7. The van der Waals surface area contributed by atoms with Crippen LogP contribution in [0.4, 0.5) is 5.69 Å². The van der Waals surface area contributed by atoms with Crippen molar-refractivity contribution in [3.63, 3.8) is 0 Å². The van der Waals surface area contributed by atoms with Gasteiger partial charge in [0.2, 0.25) is 11.8 Å². The lowest BCUT2D eigenvalue weighted by atomic mass is 9.70. The molecule has 3 heterocycles. The van der Waals surface area contributed by atoms with Crippen molar-refractivity contribution in [1.82, 2.24) is 4.90 Å². The van der Waals surface area contributed by atoms with Gasteiger partial charge in [-0.3, -0.25) is 14.4 Å². The first kappa shape index (κ1) is 24.5. The minimum Gasteiger partial charge on any atom is -0.497 e. The number of aliphatic hydroxyl groups excluding tert-OH is 1. The second-order valence-corrected chi connectivity index (χ2v) is 9.41. The molecule has 2 N–H and O–H groups in total. The Morgan fingerprint density at radius 1 is 1.29 bits per heavy atom. The Labute approximate surface area is 199 Å². The van der Waals surface area contributed by atoms with E-state index in [4.69, 9.17) is 14.2 Å². The van der Waals surface area contributed by atoms with Crippen LogP contribution in [-0.4, -0.2) is 71.9 Å². The van der Waals surface area contributed by atoms with Crippen LogP contribution in [0.1, 0.15) is 40.0 Å². The number of fused-ring (bicyclic) bond motifs is 1. The second kappa shape index (κ2) is 9.54. The van der Waals surface area contributed by atoms with Gasteiger partial charge in [-0.1, -0.05) is 20.3 Å². The lowest BCUT2D eigenvalue weighted by Crippen LogP contribution is -2.57. The monoisotopic (exact) mass is 474 g/mol. The van der Waals surface area contributed by atoms with E-state index in [1.165, 1.54) is 4.90 Å². The maximum absolute atomic E-state index is 13.9. The zero-order chi connectivity index (χ0) is 24.6. The molecule has 0 unspecified atom stereocenters. The summed E-state index contributed by atoms with van der Waals surface area (Å²) in [5.41, 5.74) is -0.576. The van der Waals surface area contributed by atoms with Gasteiger partial charge in [0, 0.05) is 5.69 Å². The quantitative estimate of drug-likeness (QED) is 0.526. The number of carbonyl (C=O) groups is 3. The Morgan fingerprint density at radius 2 is 2.00 bits per heavy atom. The van der Waals surface area contributed by atoms with Crippen LogP contribution in [0, 0.1) is 17.8 Å². The predicted molar refractivity (Wildman–Crippen MR) is 123 cm³/mol. The van der Waals surface area contributed by atoms with E-state index in [1.54, 1.807) is 38.3 Å².